The Kier molecular flexibility index (Phi) is 4.08. The molecule has 0 radical (unpaired) electrons. The van der Waals surface area contributed by atoms with Crippen molar-refractivity contribution >= 4 is 22.7 Å². The van der Waals surface area contributed by atoms with Crippen LogP contribution in [0.5, 0.6) is 5.75 Å². The first kappa shape index (κ1) is 13.9. The van der Waals surface area contributed by atoms with Crippen LogP contribution in [0.25, 0.3) is 10.9 Å². The summed E-state index contributed by atoms with van der Waals surface area (Å²) in [7, 11) is 1.67. The number of hydrogen-bond donors (Lipinski definition) is 1. The predicted molar refractivity (Wildman–Crippen MR) is 86.8 cm³/mol. The molecule has 4 heteroatoms. The molecule has 0 atom stereocenters. The van der Waals surface area contributed by atoms with E-state index in [4.69, 9.17) is 15.5 Å². The summed E-state index contributed by atoms with van der Waals surface area (Å²) in [6.07, 6.45) is 0. The number of nitrogens with two attached hydrogens (primary N) is 1. The molecule has 3 nitrogen and oxygen atoms in total. The third-order valence-corrected chi connectivity index (χ3v) is 4.28. The second-order valence-electron chi connectivity index (χ2n) is 4.63. The van der Waals surface area contributed by atoms with Crippen molar-refractivity contribution in [2.75, 3.05) is 7.11 Å². The van der Waals surface area contributed by atoms with E-state index in [9.17, 15) is 0 Å². The molecule has 21 heavy (non-hydrogen) atoms. The van der Waals surface area contributed by atoms with E-state index in [1.807, 2.05) is 42.5 Å². The summed E-state index contributed by atoms with van der Waals surface area (Å²) >= 11 is 1.61. The highest BCUT2D eigenvalue weighted by Crippen LogP contribution is 2.32. The summed E-state index contributed by atoms with van der Waals surface area (Å²) in [6.45, 7) is 0.476. The standard InChI is InChI=1S/C17H16N2OS/c1-20-14-6-4-7-15(10-14)21-17-13(11-18)9-12-5-2-3-8-16(12)19-17/h2-10H,11,18H2,1H3. The molecule has 0 unspecified atom stereocenters. The quantitative estimate of drug-likeness (QED) is 0.794. The number of rotatable bonds is 4. The molecule has 0 saturated heterocycles. The topological polar surface area (TPSA) is 48.1 Å². The molecule has 3 aromatic rings. The van der Waals surface area contributed by atoms with Crippen LogP contribution in [-0.2, 0) is 6.54 Å². The van der Waals surface area contributed by atoms with Gasteiger partial charge in [0.15, 0.2) is 0 Å². The number of ether oxygens (including phenoxy) is 1. The molecule has 0 spiro atoms. The van der Waals surface area contributed by atoms with Crippen molar-refractivity contribution in [3.05, 3.63) is 60.2 Å². The van der Waals surface area contributed by atoms with Crippen molar-refractivity contribution in [2.45, 2.75) is 16.5 Å². The van der Waals surface area contributed by atoms with Crippen molar-refractivity contribution in [3.8, 4) is 5.75 Å². The fourth-order valence-electron chi connectivity index (χ4n) is 2.15. The van der Waals surface area contributed by atoms with Gasteiger partial charge in [-0.15, -0.1) is 0 Å². The number of aromatic nitrogens is 1. The van der Waals surface area contributed by atoms with Crippen LogP contribution < -0.4 is 10.5 Å². The number of benzene rings is 2. The van der Waals surface area contributed by atoms with Crippen molar-refractivity contribution < 1.29 is 4.74 Å². The Morgan fingerprint density at radius 2 is 1.95 bits per heavy atom. The van der Waals surface area contributed by atoms with Gasteiger partial charge >= 0.3 is 0 Å². The van der Waals surface area contributed by atoms with E-state index in [-0.39, 0.29) is 0 Å². The molecule has 0 aliphatic heterocycles. The van der Waals surface area contributed by atoms with Crippen molar-refractivity contribution in [3.63, 3.8) is 0 Å². The van der Waals surface area contributed by atoms with E-state index in [2.05, 4.69) is 12.1 Å². The Bertz CT molecular complexity index is 774. The van der Waals surface area contributed by atoms with Crippen LogP contribution in [0.4, 0.5) is 0 Å². The summed E-state index contributed by atoms with van der Waals surface area (Å²) in [4.78, 5) is 5.83. The first-order valence-electron chi connectivity index (χ1n) is 6.71. The molecular formula is C17H16N2OS. The monoisotopic (exact) mass is 296 g/mol. The molecule has 0 amide bonds. The molecule has 1 heterocycles. The number of methoxy groups -OCH3 is 1. The highest BCUT2D eigenvalue weighted by molar-refractivity contribution is 7.99. The zero-order valence-electron chi connectivity index (χ0n) is 11.7. The van der Waals surface area contributed by atoms with E-state index >= 15 is 0 Å². The fourth-order valence-corrected chi connectivity index (χ4v) is 3.12. The Balaban J connectivity index is 2.02. The maximum atomic E-state index is 5.87. The largest absolute Gasteiger partial charge is 0.497 e. The van der Waals surface area contributed by atoms with E-state index in [0.29, 0.717) is 6.54 Å². The molecule has 0 aliphatic rings. The van der Waals surface area contributed by atoms with Crippen molar-refractivity contribution in [1.82, 2.24) is 4.98 Å². The van der Waals surface area contributed by atoms with Gasteiger partial charge in [0.1, 0.15) is 10.8 Å². The number of para-hydroxylation sites is 1. The minimum absolute atomic E-state index is 0.476. The molecule has 3 rings (SSSR count). The minimum Gasteiger partial charge on any atom is -0.497 e. The third kappa shape index (κ3) is 3.01. The van der Waals surface area contributed by atoms with Crippen LogP contribution in [0.15, 0.2) is 64.5 Å². The maximum absolute atomic E-state index is 5.87. The summed E-state index contributed by atoms with van der Waals surface area (Å²) in [5, 5.41) is 2.07. The van der Waals surface area contributed by atoms with Crippen LogP contribution in [0.3, 0.4) is 0 Å². The van der Waals surface area contributed by atoms with Crippen LogP contribution in [0.2, 0.25) is 0 Å². The lowest BCUT2D eigenvalue weighted by Crippen LogP contribution is -2.00. The zero-order chi connectivity index (χ0) is 14.7. The van der Waals surface area contributed by atoms with E-state index < -0.39 is 0 Å². The molecule has 1 aromatic heterocycles. The molecular weight excluding hydrogens is 280 g/mol. The predicted octanol–water partition coefficient (Wildman–Crippen LogP) is 3.85. The normalized spacial score (nSPS) is 10.8. The molecule has 0 fully saturated rings. The van der Waals surface area contributed by atoms with Gasteiger partial charge in [-0.2, -0.15) is 0 Å². The SMILES string of the molecule is COc1cccc(Sc2nc3ccccc3cc2CN)c1. The third-order valence-electron chi connectivity index (χ3n) is 3.24. The Labute approximate surface area is 128 Å². The molecule has 2 aromatic carbocycles. The Morgan fingerprint density at radius 1 is 1.10 bits per heavy atom. The van der Waals surface area contributed by atoms with Gasteiger partial charge in [0.2, 0.25) is 0 Å². The number of fused-ring (bicyclic) bond motifs is 1. The van der Waals surface area contributed by atoms with E-state index in [0.717, 1.165) is 32.1 Å². The Hall–Kier alpha value is -2.04. The fraction of sp³-hybridized carbons (Fsp3) is 0.118. The minimum atomic E-state index is 0.476. The zero-order valence-corrected chi connectivity index (χ0v) is 12.6. The van der Waals surface area contributed by atoms with Crippen LogP contribution >= 0.6 is 11.8 Å². The molecule has 2 N–H and O–H groups in total. The van der Waals surface area contributed by atoms with Crippen molar-refractivity contribution in [2.24, 2.45) is 5.73 Å². The average molecular weight is 296 g/mol. The van der Waals surface area contributed by atoms with Gasteiger partial charge in [-0.1, -0.05) is 36.0 Å². The van der Waals surface area contributed by atoms with Gasteiger partial charge in [0.25, 0.3) is 0 Å². The summed E-state index contributed by atoms with van der Waals surface area (Å²) in [6, 6.07) is 18.2. The first-order chi connectivity index (χ1) is 10.3. The highest BCUT2D eigenvalue weighted by atomic mass is 32.2. The number of hydrogen-bond acceptors (Lipinski definition) is 4. The molecule has 0 saturated carbocycles. The van der Waals surface area contributed by atoms with Gasteiger partial charge in [-0.25, -0.2) is 4.98 Å². The highest BCUT2D eigenvalue weighted by Gasteiger charge is 2.08. The van der Waals surface area contributed by atoms with E-state index in [1.54, 1.807) is 18.9 Å². The lowest BCUT2D eigenvalue weighted by molar-refractivity contribution is 0.413. The molecule has 106 valence electrons. The Morgan fingerprint density at radius 3 is 2.76 bits per heavy atom. The summed E-state index contributed by atoms with van der Waals surface area (Å²) in [5.74, 6) is 0.843. The second kappa shape index (κ2) is 6.16. The van der Waals surface area contributed by atoms with Crippen LogP contribution in [-0.4, -0.2) is 12.1 Å². The van der Waals surface area contributed by atoms with E-state index in [1.165, 1.54) is 0 Å². The average Bonchev–Trinajstić information content (AvgIpc) is 2.54. The maximum Gasteiger partial charge on any atom is 0.119 e. The number of nitrogens with zero attached hydrogens (tertiary/aromatic N) is 1. The van der Waals surface area contributed by atoms with Gasteiger partial charge in [-0.3, -0.25) is 0 Å². The molecule has 0 aliphatic carbocycles. The number of pyridine rings is 1. The van der Waals surface area contributed by atoms with Gasteiger partial charge < -0.3 is 10.5 Å². The smallest absolute Gasteiger partial charge is 0.119 e. The van der Waals surface area contributed by atoms with Crippen molar-refractivity contribution in [1.29, 1.82) is 0 Å². The van der Waals surface area contributed by atoms with Crippen LogP contribution in [0.1, 0.15) is 5.56 Å². The lowest BCUT2D eigenvalue weighted by atomic mass is 10.1. The lowest BCUT2D eigenvalue weighted by Gasteiger charge is -2.09. The van der Waals surface area contributed by atoms with Crippen LogP contribution in [0, 0.1) is 0 Å². The second-order valence-corrected chi connectivity index (χ2v) is 5.69. The first-order valence-corrected chi connectivity index (χ1v) is 7.52. The van der Waals surface area contributed by atoms with Gasteiger partial charge in [0, 0.05) is 16.8 Å². The summed E-state index contributed by atoms with van der Waals surface area (Å²) in [5.41, 5.74) is 7.92. The summed E-state index contributed by atoms with van der Waals surface area (Å²) < 4.78 is 5.26. The van der Waals surface area contributed by atoms with Gasteiger partial charge in [-0.05, 0) is 35.9 Å². The molecule has 0 bridgehead atoms. The van der Waals surface area contributed by atoms with Gasteiger partial charge in [0.05, 0.1) is 12.6 Å².